The van der Waals surface area contributed by atoms with Gasteiger partial charge in [-0.2, -0.15) is 0 Å². The normalized spacial score (nSPS) is 12.2. The maximum atomic E-state index is 9.39. The van der Waals surface area contributed by atoms with Gasteiger partial charge >= 0.3 is 0 Å². The Morgan fingerprint density at radius 1 is 0.760 bits per heavy atom. The second kappa shape index (κ2) is 8.50. The van der Waals surface area contributed by atoms with Gasteiger partial charge in [0.05, 0.1) is 6.04 Å². The average Bonchev–Trinajstić information content (AvgIpc) is 2.67. The van der Waals surface area contributed by atoms with Crippen molar-refractivity contribution in [3.63, 3.8) is 0 Å². The Labute approximate surface area is 150 Å². The average molecular weight is 331 g/mol. The van der Waals surface area contributed by atoms with E-state index in [0.717, 1.165) is 12.8 Å². The lowest BCUT2D eigenvalue weighted by molar-refractivity contribution is 0.470. The van der Waals surface area contributed by atoms with Crippen molar-refractivity contribution in [3.05, 3.63) is 102 Å². The first kappa shape index (κ1) is 17.2. The van der Waals surface area contributed by atoms with Crippen LogP contribution in [-0.4, -0.2) is 11.1 Å². The van der Waals surface area contributed by atoms with Crippen molar-refractivity contribution in [1.82, 2.24) is 5.32 Å². The molecule has 25 heavy (non-hydrogen) atoms. The number of nitrogens with one attached hydrogen (secondary N) is 1. The number of aryl methyl sites for hydroxylation is 1. The fraction of sp³-hybridized carbons (Fsp3) is 0.217. The van der Waals surface area contributed by atoms with Gasteiger partial charge < -0.3 is 10.4 Å². The number of hydrogen-bond donors (Lipinski definition) is 2. The van der Waals surface area contributed by atoms with Crippen LogP contribution in [0.1, 0.15) is 36.1 Å². The third-order valence-electron chi connectivity index (χ3n) is 4.52. The molecule has 0 saturated carbocycles. The van der Waals surface area contributed by atoms with Crippen LogP contribution in [0.4, 0.5) is 0 Å². The molecule has 0 aliphatic carbocycles. The number of hydrogen-bond acceptors (Lipinski definition) is 2. The Morgan fingerprint density at radius 2 is 1.28 bits per heavy atom. The molecule has 0 heterocycles. The van der Waals surface area contributed by atoms with Crippen LogP contribution in [-0.2, 0) is 6.42 Å². The molecule has 2 nitrogen and oxygen atoms in total. The van der Waals surface area contributed by atoms with E-state index in [1.807, 2.05) is 12.1 Å². The third kappa shape index (κ3) is 4.94. The van der Waals surface area contributed by atoms with Crippen LogP contribution in [0, 0.1) is 0 Å². The largest absolute Gasteiger partial charge is 0.508 e. The van der Waals surface area contributed by atoms with Crippen LogP contribution in [0.5, 0.6) is 5.75 Å². The fourth-order valence-electron chi connectivity index (χ4n) is 3.09. The molecule has 2 N–H and O–H groups in total. The highest BCUT2D eigenvalue weighted by atomic mass is 16.3. The topological polar surface area (TPSA) is 32.3 Å². The van der Waals surface area contributed by atoms with Crippen molar-refractivity contribution in [2.24, 2.45) is 0 Å². The van der Waals surface area contributed by atoms with Gasteiger partial charge in [0.25, 0.3) is 0 Å². The highest BCUT2D eigenvalue weighted by molar-refractivity contribution is 5.32. The number of rotatable bonds is 7. The minimum atomic E-state index is 0.192. The van der Waals surface area contributed by atoms with E-state index in [2.05, 4.69) is 72.9 Å². The van der Waals surface area contributed by atoms with E-state index >= 15 is 0 Å². The lowest BCUT2D eigenvalue weighted by Gasteiger charge is -2.24. The summed E-state index contributed by atoms with van der Waals surface area (Å²) in [6.07, 6.45) is 2.03. The van der Waals surface area contributed by atoms with E-state index in [0.29, 0.717) is 11.8 Å². The molecule has 3 aromatic carbocycles. The molecule has 0 aromatic heterocycles. The first-order valence-corrected chi connectivity index (χ1v) is 8.86. The van der Waals surface area contributed by atoms with Crippen LogP contribution in [0.15, 0.2) is 84.9 Å². The first-order valence-electron chi connectivity index (χ1n) is 8.86. The molecule has 0 saturated heterocycles. The Morgan fingerprint density at radius 3 is 1.80 bits per heavy atom. The second-order valence-corrected chi connectivity index (χ2v) is 6.53. The first-order chi connectivity index (χ1) is 12.2. The molecule has 3 rings (SSSR count). The molecular formula is C23H25NO. The summed E-state index contributed by atoms with van der Waals surface area (Å²) < 4.78 is 0. The van der Waals surface area contributed by atoms with Gasteiger partial charge in [-0.1, -0.05) is 72.8 Å². The standard InChI is InChI=1S/C23H25NO/c1-18(12-13-19-14-16-22(25)17-15-19)24-23(20-8-4-2-5-9-20)21-10-6-3-7-11-21/h2-11,14-18,23-25H,12-13H2,1H3/t18-/m0/s1. The fourth-order valence-corrected chi connectivity index (χ4v) is 3.09. The van der Waals surface area contributed by atoms with E-state index in [1.165, 1.54) is 16.7 Å². The van der Waals surface area contributed by atoms with Crippen molar-refractivity contribution < 1.29 is 5.11 Å². The van der Waals surface area contributed by atoms with Crippen LogP contribution in [0.25, 0.3) is 0 Å². The van der Waals surface area contributed by atoms with Crippen molar-refractivity contribution >= 4 is 0 Å². The predicted octanol–water partition coefficient (Wildman–Crippen LogP) is 5.09. The molecule has 0 amide bonds. The Kier molecular flexibility index (Phi) is 5.86. The lowest BCUT2D eigenvalue weighted by atomic mass is 9.97. The summed E-state index contributed by atoms with van der Waals surface area (Å²) in [7, 11) is 0. The van der Waals surface area contributed by atoms with Gasteiger partial charge in [-0.3, -0.25) is 0 Å². The molecule has 0 spiro atoms. The predicted molar refractivity (Wildman–Crippen MR) is 104 cm³/mol. The number of benzene rings is 3. The quantitative estimate of drug-likeness (QED) is 0.632. The van der Waals surface area contributed by atoms with Gasteiger partial charge in [0.15, 0.2) is 0 Å². The van der Waals surface area contributed by atoms with E-state index < -0.39 is 0 Å². The molecular weight excluding hydrogens is 306 g/mol. The van der Waals surface area contributed by atoms with Crippen LogP contribution < -0.4 is 5.32 Å². The van der Waals surface area contributed by atoms with Gasteiger partial charge in [-0.05, 0) is 48.6 Å². The number of aromatic hydroxyl groups is 1. The molecule has 128 valence electrons. The molecule has 3 aromatic rings. The van der Waals surface area contributed by atoms with Gasteiger partial charge in [0, 0.05) is 6.04 Å². The van der Waals surface area contributed by atoms with E-state index in [1.54, 1.807) is 12.1 Å². The molecule has 2 heteroatoms. The summed E-state index contributed by atoms with van der Waals surface area (Å²) in [5.74, 6) is 0.322. The van der Waals surface area contributed by atoms with E-state index in [-0.39, 0.29) is 6.04 Å². The van der Waals surface area contributed by atoms with Crippen LogP contribution in [0.2, 0.25) is 0 Å². The van der Waals surface area contributed by atoms with E-state index in [4.69, 9.17) is 0 Å². The maximum Gasteiger partial charge on any atom is 0.115 e. The second-order valence-electron chi connectivity index (χ2n) is 6.53. The maximum absolute atomic E-state index is 9.39. The smallest absolute Gasteiger partial charge is 0.115 e. The monoisotopic (exact) mass is 331 g/mol. The summed E-state index contributed by atoms with van der Waals surface area (Å²) in [6.45, 7) is 2.24. The lowest BCUT2D eigenvalue weighted by Crippen LogP contribution is -2.31. The summed E-state index contributed by atoms with van der Waals surface area (Å²) in [5, 5.41) is 13.2. The molecule has 0 fully saturated rings. The minimum Gasteiger partial charge on any atom is -0.508 e. The number of phenols is 1. The molecule has 0 unspecified atom stereocenters. The van der Waals surface area contributed by atoms with Crippen molar-refractivity contribution in [3.8, 4) is 5.75 Å². The summed E-state index contributed by atoms with van der Waals surface area (Å²) >= 11 is 0. The van der Waals surface area contributed by atoms with Crippen molar-refractivity contribution in [1.29, 1.82) is 0 Å². The van der Waals surface area contributed by atoms with Gasteiger partial charge in [-0.25, -0.2) is 0 Å². The minimum absolute atomic E-state index is 0.192. The number of phenolic OH excluding ortho intramolecular Hbond substituents is 1. The highest BCUT2D eigenvalue weighted by Crippen LogP contribution is 2.23. The Hall–Kier alpha value is -2.58. The summed E-state index contributed by atoms with van der Waals surface area (Å²) in [6, 6.07) is 29.3. The van der Waals surface area contributed by atoms with E-state index in [9.17, 15) is 5.11 Å². The third-order valence-corrected chi connectivity index (χ3v) is 4.52. The zero-order valence-corrected chi connectivity index (χ0v) is 14.6. The summed E-state index contributed by atoms with van der Waals surface area (Å²) in [4.78, 5) is 0. The molecule has 0 radical (unpaired) electrons. The van der Waals surface area contributed by atoms with Crippen LogP contribution >= 0.6 is 0 Å². The Bertz CT molecular complexity index is 714. The SMILES string of the molecule is C[C@@H](CCc1ccc(O)cc1)NC(c1ccccc1)c1ccccc1. The molecule has 0 aliphatic heterocycles. The van der Waals surface area contributed by atoms with Gasteiger partial charge in [0.2, 0.25) is 0 Å². The van der Waals surface area contributed by atoms with Gasteiger partial charge in [-0.15, -0.1) is 0 Å². The zero-order chi connectivity index (χ0) is 17.5. The summed E-state index contributed by atoms with van der Waals surface area (Å²) in [5.41, 5.74) is 3.82. The van der Waals surface area contributed by atoms with Crippen molar-refractivity contribution in [2.45, 2.75) is 31.8 Å². The molecule has 0 bridgehead atoms. The van der Waals surface area contributed by atoms with Crippen molar-refractivity contribution in [2.75, 3.05) is 0 Å². The zero-order valence-electron chi connectivity index (χ0n) is 14.6. The van der Waals surface area contributed by atoms with Crippen LogP contribution in [0.3, 0.4) is 0 Å². The highest BCUT2D eigenvalue weighted by Gasteiger charge is 2.16. The molecule has 1 atom stereocenters. The molecule has 0 aliphatic rings. The Balaban J connectivity index is 1.68. The van der Waals surface area contributed by atoms with Gasteiger partial charge in [0.1, 0.15) is 5.75 Å².